The highest BCUT2D eigenvalue weighted by atomic mass is 16.5. The van der Waals surface area contributed by atoms with E-state index in [0.29, 0.717) is 6.61 Å². The maximum atomic E-state index is 6.03. The molecule has 0 spiro atoms. The summed E-state index contributed by atoms with van der Waals surface area (Å²) < 4.78 is 11.0. The van der Waals surface area contributed by atoms with Gasteiger partial charge in [0.1, 0.15) is 5.75 Å². The maximum absolute atomic E-state index is 6.03. The van der Waals surface area contributed by atoms with Gasteiger partial charge in [0.2, 0.25) is 0 Å². The third-order valence-corrected chi connectivity index (χ3v) is 3.20. The normalized spacial score (nSPS) is 15.6. The van der Waals surface area contributed by atoms with Gasteiger partial charge in [-0.05, 0) is 43.9 Å². The molecule has 1 aromatic carbocycles. The zero-order valence-electron chi connectivity index (χ0n) is 11.3. The summed E-state index contributed by atoms with van der Waals surface area (Å²) in [6, 6.07) is 6.59. The van der Waals surface area contributed by atoms with E-state index in [1.54, 1.807) is 0 Å². The molecular formula is C15H23NO2. The van der Waals surface area contributed by atoms with Crippen LogP contribution in [-0.4, -0.2) is 25.4 Å². The van der Waals surface area contributed by atoms with E-state index in [-0.39, 0.29) is 12.1 Å². The summed E-state index contributed by atoms with van der Waals surface area (Å²) in [5.41, 5.74) is 8.71. The van der Waals surface area contributed by atoms with Crippen molar-refractivity contribution in [2.45, 2.75) is 45.3 Å². The van der Waals surface area contributed by atoms with Gasteiger partial charge in [-0.15, -0.1) is 0 Å². The summed E-state index contributed by atoms with van der Waals surface area (Å²) in [6.45, 7) is 5.53. The second-order valence-corrected chi connectivity index (χ2v) is 5.22. The number of hydrogen-bond donors (Lipinski definition) is 1. The van der Waals surface area contributed by atoms with Crippen LogP contribution < -0.4 is 10.5 Å². The summed E-state index contributed by atoms with van der Waals surface area (Å²) in [5, 5.41) is 0. The van der Waals surface area contributed by atoms with Crippen LogP contribution in [0, 0.1) is 0 Å². The minimum Gasteiger partial charge on any atom is -0.493 e. The summed E-state index contributed by atoms with van der Waals surface area (Å²) in [4.78, 5) is 0. The van der Waals surface area contributed by atoms with Crippen LogP contribution in [0.15, 0.2) is 18.2 Å². The van der Waals surface area contributed by atoms with Crippen molar-refractivity contribution >= 4 is 0 Å². The molecule has 3 nitrogen and oxygen atoms in total. The van der Waals surface area contributed by atoms with Crippen LogP contribution >= 0.6 is 0 Å². The Kier molecular flexibility index (Phi) is 4.61. The van der Waals surface area contributed by atoms with Gasteiger partial charge < -0.3 is 15.2 Å². The molecule has 0 saturated carbocycles. The fraction of sp³-hybridized carbons (Fsp3) is 0.600. The standard InChI is InChI=1S/C15H23NO2/c1-11(2)18-10-14(16)5-3-12-4-6-15-13(9-12)7-8-17-15/h4,6,9,11,14H,3,5,7-8,10,16H2,1-2H3. The van der Waals surface area contributed by atoms with Gasteiger partial charge in [-0.3, -0.25) is 0 Å². The Bertz CT molecular complexity index is 390. The van der Waals surface area contributed by atoms with E-state index < -0.39 is 0 Å². The van der Waals surface area contributed by atoms with Crippen LogP contribution in [0.2, 0.25) is 0 Å². The van der Waals surface area contributed by atoms with E-state index in [0.717, 1.165) is 31.6 Å². The van der Waals surface area contributed by atoms with Crippen LogP contribution in [0.3, 0.4) is 0 Å². The van der Waals surface area contributed by atoms with Crippen LogP contribution in [0.4, 0.5) is 0 Å². The molecule has 18 heavy (non-hydrogen) atoms. The molecule has 0 bridgehead atoms. The number of benzene rings is 1. The Labute approximate surface area is 109 Å². The lowest BCUT2D eigenvalue weighted by atomic mass is 10.0. The van der Waals surface area contributed by atoms with Gasteiger partial charge in [0.15, 0.2) is 0 Å². The molecule has 0 fully saturated rings. The van der Waals surface area contributed by atoms with Crippen molar-refractivity contribution in [1.82, 2.24) is 0 Å². The number of hydrogen-bond acceptors (Lipinski definition) is 3. The van der Waals surface area contributed by atoms with E-state index in [2.05, 4.69) is 18.2 Å². The largest absolute Gasteiger partial charge is 0.493 e. The number of nitrogens with two attached hydrogens (primary N) is 1. The fourth-order valence-electron chi connectivity index (χ4n) is 2.15. The van der Waals surface area contributed by atoms with Gasteiger partial charge >= 0.3 is 0 Å². The highest BCUT2D eigenvalue weighted by Gasteiger charge is 2.12. The molecule has 1 heterocycles. The lowest BCUT2D eigenvalue weighted by molar-refractivity contribution is 0.0670. The quantitative estimate of drug-likeness (QED) is 0.841. The molecule has 2 rings (SSSR count). The first-order chi connectivity index (χ1) is 8.65. The predicted molar refractivity (Wildman–Crippen MR) is 73.0 cm³/mol. The molecular weight excluding hydrogens is 226 g/mol. The summed E-state index contributed by atoms with van der Waals surface area (Å²) >= 11 is 0. The Morgan fingerprint density at radius 2 is 2.22 bits per heavy atom. The highest BCUT2D eigenvalue weighted by molar-refractivity contribution is 5.39. The Hall–Kier alpha value is -1.06. The average molecular weight is 249 g/mol. The number of ether oxygens (including phenoxy) is 2. The number of aryl methyl sites for hydroxylation is 1. The topological polar surface area (TPSA) is 44.5 Å². The molecule has 0 aliphatic carbocycles. The average Bonchev–Trinajstić information content (AvgIpc) is 2.81. The fourth-order valence-corrected chi connectivity index (χ4v) is 2.15. The maximum Gasteiger partial charge on any atom is 0.122 e. The number of fused-ring (bicyclic) bond motifs is 1. The van der Waals surface area contributed by atoms with Crippen LogP contribution in [0.25, 0.3) is 0 Å². The van der Waals surface area contributed by atoms with Crippen LogP contribution in [-0.2, 0) is 17.6 Å². The molecule has 100 valence electrons. The van der Waals surface area contributed by atoms with Crippen LogP contribution in [0.5, 0.6) is 5.75 Å². The first-order valence-corrected chi connectivity index (χ1v) is 6.77. The van der Waals surface area contributed by atoms with Gasteiger partial charge in [0, 0.05) is 12.5 Å². The van der Waals surface area contributed by atoms with Crippen molar-refractivity contribution in [3.63, 3.8) is 0 Å². The Morgan fingerprint density at radius 3 is 3.00 bits per heavy atom. The molecule has 0 saturated heterocycles. The first-order valence-electron chi connectivity index (χ1n) is 6.77. The molecule has 0 aromatic heterocycles. The van der Waals surface area contributed by atoms with E-state index in [1.165, 1.54) is 11.1 Å². The lowest BCUT2D eigenvalue weighted by Gasteiger charge is -2.14. The third kappa shape index (κ3) is 3.72. The summed E-state index contributed by atoms with van der Waals surface area (Å²) in [6.07, 6.45) is 3.27. The molecule has 0 amide bonds. The van der Waals surface area contributed by atoms with Crippen molar-refractivity contribution in [1.29, 1.82) is 0 Å². The van der Waals surface area contributed by atoms with Gasteiger partial charge in [0.05, 0.1) is 19.3 Å². The van der Waals surface area contributed by atoms with Crippen molar-refractivity contribution in [3.8, 4) is 5.75 Å². The molecule has 1 aliphatic rings. The predicted octanol–water partition coefficient (Wildman–Crippen LogP) is 2.31. The first kappa shape index (κ1) is 13.4. The minimum atomic E-state index is 0.122. The Balaban J connectivity index is 1.79. The number of rotatable bonds is 6. The summed E-state index contributed by atoms with van der Waals surface area (Å²) in [7, 11) is 0. The van der Waals surface area contributed by atoms with Gasteiger partial charge in [-0.25, -0.2) is 0 Å². The smallest absolute Gasteiger partial charge is 0.122 e. The van der Waals surface area contributed by atoms with Crippen molar-refractivity contribution in [2.75, 3.05) is 13.2 Å². The molecule has 0 radical (unpaired) electrons. The zero-order valence-corrected chi connectivity index (χ0v) is 11.3. The molecule has 3 heteroatoms. The minimum absolute atomic E-state index is 0.122. The monoisotopic (exact) mass is 249 g/mol. The van der Waals surface area contributed by atoms with Crippen molar-refractivity contribution in [2.24, 2.45) is 5.73 Å². The van der Waals surface area contributed by atoms with Gasteiger partial charge in [-0.2, -0.15) is 0 Å². The van der Waals surface area contributed by atoms with E-state index in [9.17, 15) is 0 Å². The molecule has 1 atom stereocenters. The summed E-state index contributed by atoms with van der Waals surface area (Å²) in [5.74, 6) is 1.05. The van der Waals surface area contributed by atoms with E-state index >= 15 is 0 Å². The Morgan fingerprint density at radius 1 is 1.39 bits per heavy atom. The van der Waals surface area contributed by atoms with Crippen LogP contribution in [0.1, 0.15) is 31.4 Å². The van der Waals surface area contributed by atoms with Crippen molar-refractivity contribution < 1.29 is 9.47 Å². The lowest BCUT2D eigenvalue weighted by Crippen LogP contribution is -2.28. The molecule has 1 unspecified atom stereocenters. The van der Waals surface area contributed by atoms with Gasteiger partial charge in [-0.1, -0.05) is 12.1 Å². The highest BCUT2D eigenvalue weighted by Crippen LogP contribution is 2.26. The van der Waals surface area contributed by atoms with Gasteiger partial charge in [0.25, 0.3) is 0 Å². The molecule has 1 aliphatic heterocycles. The van der Waals surface area contributed by atoms with Crippen molar-refractivity contribution in [3.05, 3.63) is 29.3 Å². The van der Waals surface area contributed by atoms with E-state index in [1.807, 2.05) is 13.8 Å². The second kappa shape index (κ2) is 6.21. The molecule has 1 aromatic rings. The van der Waals surface area contributed by atoms with E-state index in [4.69, 9.17) is 15.2 Å². The second-order valence-electron chi connectivity index (χ2n) is 5.22. The SMILES string of the molecule is CC(C)OCC(N)CCc1ccc2c(c1)CCO2. The molecule has 2 N–H and O–H groups in total. The third-order valence-electron chi connectivity index (χ3n) is 3.20. The zero-order chi connectivity index (χ0) is 13.0.